The molecule has 17 heavy (non-hydrogen) atoms. The average Bonchev–Trinajstić information content (AvgIpc) is 2.29. The fourth-order valence-electron chi connectivity index (χ4n) is 1.59. The van der Waals surface area contributed by atoms with Crippen molar-refractivity contribution < 1.29 is 0 Å². The fraction of sp³-hybridized carbons (Fsp3) is 0.500. The molecule has 1 rings (SSSR count). The summed E-state index contributed by atoms with van der Waals surface area (Å²) in [7, 11) is 0. The first-order valence-corrected chi connectivity index (χ1v) is 6.52. The van der Waals surface area contributed by atoms with Crippen molar-refractivity contribution in [1.82, 2.24) is 9.78 Å². The lowest BCUT2D eigenvalue weighted by molar-refractivity contribution is 0.643. The van der Waals surface area contributed by atoms with Gasteiger partial charge in [0.05, 0.1) is 18.4 Å². The molecule has 0 amide bonds. The Morgan fingerprint density at radius 3 is 3.00 bits per heavy atom. The molecule has 1 heterocycles. The first kappa shape index (κ1) is 14.0. The van der Waals surface area contributed by atoms with E-state index >= 15 is 0 Å². The van der Waals surface area contributed by atoms with E-state index in [1.807, 2.05) is 0 Å². The summed E-state index contributed by atoms with van der Waals surface area (Å²) >= 11 is 3.31. The summed E-state index contributed by atoms with van der Waals surface area (Å²) in [6.45, 7) is 8.23. The number of hydrogen-bond donors (Lipinski definition) is 1. The van der Waals surface area contributed by atoms with Crippen LogP contribution in [0.4, 0.5) is 5.69 Å². The van der Waals surface area contributed by atoms with Crippen LogP contribution < -0.4 is 10.9 Å². The van der Waals surface area contributed by atoms with Crippen molar-refractivity contribution in [2.75, 3.05) is 5.32 Å². The van der Waals surface area contributed by atoms with Gasteiger partial charge in [0, 0.05) is 6.04 Å². The van der Waals surface area contributed by atoms with E-state index in [0.717, 1.165) is 18.5 Å². The molecule has 1 unspecified atom stereocenters. The second-order valence-electron chi connectivity index (χ2n) is 3.98. The zero-order valence-corrected chi connectivity index (χ0v) is 11.8. The van der Waals surface area contributed by atoms with Crippen LogP contribution in [0.5, 0.6) is 0 Å². The lowest BCUT2D eigenvalue weighted by atomic mass is 10.2. The SMILES string of the molecule is C=CCn1ncc(NC(C)CCC)c(Br)c1=O. The van der Waals surface area contributed by atoms with Crippen molar-refractivity contribution in [2.24, 2.45) is 0 Å². The van der Waals surface area contributed by atoms with Crippen LogP contribution in [0, 0.1) is 0 Å². The molecule has 0 spiro atoms. The van der Waals surface area contributed by atoms with Gasteiger partial charge in [0.1, 0.15) is 4.47 Å². The molecule has 0 aliphatic carbocycles. The number of allylic oxidation sites excluding steroid dienone is 1. The van der Waals surface area contributed by atoms with Crippen LogP contribution in [-0.4, -0.2) is 15.8 Å². The van der Waals surface area contributed by atoms with Gasteiger partial charge in [-0.25, -0.2) is 4.68 Å². The maximum atomic E-state index is 11.9. The minimum atomic E-state index is -0.140. The van der Waals surface area contributed by atoms with Crippen LogP contribution >= 0.6 is 15.9 Å². The summed E-state index contributed by atoms with van der Waals surface area (Å²) in [6, 6.07) is 0.327. The van der Waals surface area contributed by atoms with Gasteiger partial charge in [-0.05, 0) is 29.3 Å². The number of anilines is 1. The van der Waals surface area contributed by atoms with Gasteiger partial charge in [0.15, 0.2) is 0 Å². The number of aromatic nitrogens is 2. The van der Waals surface area contributed by atoms with Crippen molar-refractivity contribution in [3.8, 4) is 0 Å². The molecule has 1 atom stereocenters. The van der Waals surface area contributed by atoms with Crippen LogP contribution in [0.25, 0.3) is 0 Å². The second-order valence-corrected chi connectivity index (χ2v) is 4.78. The van der Waals surface area contributed by atoms with E-state index in [1.165, 1.54) is 4.68 Å². The van der Waals surface area contributed by atoms with Crippen molar-refractivity contribution >= 4 is 21.6 Å². The van der Waals surface area contributed by atoms with Crippen LogP contribution in [0.3, 0.4) is 0 Å². The summed E-state index contributed by atoms with van der Waals surface area (Å²) in [5.74, 6) is 0. The average molecular weight is 300 g/mol. The van der Waals surface area contributed by atoms with Crippen molar-refractivity contribution in [2.45, 2.75) is 39.3 Å². The third-order valence-electron chi connectivity index (χ3n) is 2.41. The molecule has 0 fully saturated rings. The predicted molar refractivity (Wildman–Crippen MR) is 74.4 cm³/mol. The Hall–Kier alpha value is -1.10. The van der Waals surface area contributed by atoms with Crippen LogP contribution in [0.15, 0.2) is 28.1 Å². The molecule has 0 aliphatic rings. The lowest BCUT2D eigenvalue weighted by Crippen LogP contribution is -2.25. The molecule has 1 N–H and O–H groups in total. The number of nitrogens with one attached hydrogen (secondary N) is 1. The predicted octanol–water partition coefficient (Wildman–Crippen LogP) is 2.79. The van der Waals surface area contributed by atoms with E-state index < -0.39 is 0 Å². The first-order valence-electron chi connectivity index (χ1n) is 5.73. The molecule has 5 heteroatoms. The Morgan fingerprint density at radius 2 is 2.41 bits per heavy atom. The van der Waals surface area contributed by atoms with Gasteiger partial charge in [0.25, 0.3) is 5.56 Å². The van der Waals surface area contributed by atoms with Gasteiger partial charge in [-0.3, -0.25) is 4.79 Å². The second kappa shape index (κ2) is 6.59. The summed E-state index contributed by atoms with van der Waals surface area (Å²) in [5.41, 5.74) is 0.606. The van der Waals surface area contributed by atoms with Crippen molar-refractivity contribution in [1.29, 1.82) is 0 Å². The Morgan fingerprint density at radius 1 is 1.71 bits per heavy atom. The fourth-order valence-corrected chi connectivity index (χ4v) is 2.01. The van der Waals surface area contributed by atoms with E-state index in [1.54, 1.807) is 12.3 Å². The van der Waals surface area contributed by atoms with Gasteiger partial charge in [0.2, 0.25) is 0 Å². The lowest BCUT2D eigenvalue weighted by Gasteiger charge is -2.15. The van der Waals surface area contributed by atoms with Gasteiger partial charge < -0.3 is 5.32 Å². The Labute approximate surface area is 110 Å². The van der Waals surface area contributed by atoms with Crippen LogP contribution in [-0.2, 0) is 6.54 Å². The van der Waals surface area contributed by atoms with E-state index in [0.29, 0.717) is 17.1 Å². The molecular weight excluding hydrogens is 282 g/mol. The highest BCUT2D eigenvalue weighted by Gasteiger charge is 2.09. The van der Waals surface area contributed by atoms with E-state index in [9.17, 15) is 4.79 Å². The zero-order chi connectivity index (χ0) is 12.8. The molecule has 0 aromatic carbocycles. The Bertz CT molecular complexity index is 442. The molecule has 0 radical (unpaired) electrons. The van der Waals surface area contributed by atoms with Gasteiger partial charge in [-0.2, -0.15) is 5.10 Å². The third-order valence-corrected chi connectivity index (χ3v) is 3.18. The Kier molecular flexibility index (Phi) is 5.41. The largest absolute Gasteiger partial charge is 0.380 e. The number of halogens is 1. The molecule has 0 saturated heterocycles. The molecule has 1 aromatic heterocycles. The third kappa shape index (κ3) is 3.70. The molecule has 0 bridgehead atoms. The van der Waals surface area contributed by atoms with Gasteiger partial charge >= 0.3 is 0 Å². The molecule has 4 nitrogen and oxygen atoms in total. The highest BCUT2D eigenvalue weighted by molar-refractivity contribution is 9.10. The molecule has 1 aromatic rings. The minimum absolute atomic E-state index is 0.140. The molecule has 94 valence electrons. The highest BCUT2D eigenvalue weighted by atomic mass is 79.9. The van der Waals surface area contributed by atoms with Crippen molar-refractivity contribution in [3.63, 3.8) is 0 Å². The molecular formula is C12H18BrN3O. The van der Waals surface area contributed by atoms with E-state index in [-0.39, 0.29) is 5.56 Å². The maximum absolute atomic E-state index is 11.9. The van der Waals surface area contributed by atoms with Crippen LogP contribution in [0.1, 0.15) is 26.7 Å². The highest BCUT2D eigenvalue weighted by Crippen LogP contribution is 2.18. The van der Waals surface area contributed by atoms with Gasteiger partial charge in [-0.15, -0.1) is 6.58 Å². The normalized spacial score (nSPS) is 12.2. The molecule has 0 saturated carbocycles. The minimum Gasteiger partial charge on any atom is -0.380 e. The zero-order valence-electron chi connectivity index (χ0n) is 10.2. The van der Waals surface area contributed by atoms with E-state index in [4.69, 9.17) is 0 Å². The smallest absolute Gasteiger partial charge is 0.283 e. The maximum Gasteiger partial charge on any atom is 0.283 e. The number of nitrogens with zero attached hydrogens (tertiary/aromatic N) is 2. The Balaban J connectivity index is 2.92. The van der Waals surface area contributed by atoms with Gasteiger partial charge in [-0.1, -0.05) is 19.4 Å². The monoisotopic (exact) mass is 299 g/mol. The summed E-state index contributed by atoms with van der Waals surface area (Å²) in [5, 5.41) is 7.36. The van der Waals surface area contributed by atoms with E-state index in [2.05, 4.69) is 46.8 Å². The quantitative estimate of drug-likeness (QED) is 0.822. The number of hydrogen-bond acceptors (Lipinski definition) is 3. The molecule has 0 aliphatic heterocycles. The summed E-state index contributed by atoms with van der Waals surface area (Å²) in [4.78, 5) is 11.9. The summed E-state index contributed by atoms with van der Waals surface area (Å²) < 4.78 is 1.89. The van der Waals surface area contributed by atoms with Crippen LogP contribution in [0.2, 0.25) is 0 Å². The topological polar surface area (TPSA) is 46.9 Å². The first-order chi connectivity index (χ1) is 8.10. The number of rotatable bonds is 6. The van der Waals surface area contributed by atoms with Crippen molar-refractivity contribution in [3.05, 3.63) is 33.7 Å². The summed E-state index contributed by atoms with van der Waals surface area (Å²) in [6.07, 6.45) is 5.48. The standard InChI is InChI=1S/C12H18BrN3O/c1-4-6-9(3)15-10-8-14-16(7-5-2)12(17)11(10)13/h5,8-9,15H,2,4,6-7H2,1,3H3.